The number of benzene rings is 1. The largest absolute Gasteiger partial charge is 0.493 e. The number of piperidine rings is 1. The minimum Gasteiger partial charge on any atom is -0.493 e. The lowest BCUT2D eigenvalue weighted by Crippen LogP contribution is -2.40. The van der Waals surface area contributed by atoms with Crippen LogP contribution in [-0.4, -0.2) is 43.1 Å². The summed E-state index contributed by atoms with van der Waals surface area (Å²) in [6, 6.07) is 12.9. The highest BCUT2D eigenvalue weighted by molar-refractivity contribution is 5.91. The van der Waals surface area contributed by atoms with Crippen LogP contribution in [-0.2, 0) is 9.53 Å². The number of hydrogen-bond acceptors (Lipinski definition) is 5. The minimum atomic E-state index is -0.185. The zero-order valence-electron chi connectivity index (χ0n) is 14.6. The van der Waals surface area contributed by atoms with E-state index >= 15 is 0 Å². The van der Waals surface area contributed by atoms with Crippen LogP contribution >= 0.6 is 0 Å². The van der Waals surface area contributed by atoms with Crippen molar-refractivity contribution in [3.8, 4) is 5.75 Å². The second-order valence-corrected chi connectivity index (χ2v) is 6.23. The number of nitrogens with zero attached hydrogens (tertiary/aromatic N) is 1. The van der Waals surface area contributed by atoms with Crippen LogP contribution in [0, 0.1) is 5.92 Å². The monoisotopic (exact) mass is 357 g/mol. The number of likely N-dealkylation sites (tertiary alicyclic amines) is 1. The van der Waals surface area contributed by atoms with E-state index in [1.807, 2.05) is 30.3 Å². The van der Waals surface area contributed by atoms with Crippen molar-refractivity contribution in [3.63, 3.8) is 0 Å². The van der Waals surface area contributed by atoms with Crippen LogP contribution in [0.5, 0.6) is 5.75 Å². The van der Waals surface area contributed by atoms with Gasteiger partial charge in [0.05, 0.1) is 25.4 Å². The van der Waals surface area contributed by atoms with Crippen LogP contribution < -0.4 is 4.74 Å². The van der Waals surface area contributed by atoms with Crippen molar-refractivity contribution in [2.75, 3.05) is 26.3 Å². The summed E-state index contributed by atoms with van der Waals surface area (Å²) in [5, 5.41) is 0. The molecule has 0 bridgehead atoms. The number of hydrogen-bond donors (Lipinski definition) is 0. The molecule has 138 valence electrons. The molecule has 1 aliphatic rings. The third-order valence-electron chi connectivity index (χ3n) is 4.39. The summed E-state index contributed by atoms with van der Waals surface area (Å²) in [5.74, 6) is 0.692. The van der Waals surface area contributed by atoms with Crippen molar-refractivity contribution < 1.29 is 23.5 Å². The number of amides is 1. The summed E-state index contributed by atoms with van der Waals surface area (Å²) < 4.78 is 16.0. The summed E-state index contributed by atoms with van der Waals surface area (Å²) in [6.07, 6.45) is 3.37. The van der Waals surface area contributed by atoms with E-state index in [4.69, 9.17) is 13.9 Å². The molecule has 0 unspecified atom stereocenters. The minimum absolute atomic E-state index is 0.125. The Hall–Kier alpha value is -2.76. The summed E-state index contributed by atoms with van der Waals surface area (Å²) in [4.78, 5) is 26.1. The molecule has 2 heterocycles. The van der Waals surface area contributed by atoms with Gasteiger partial charge in [-0.3, -0.25) is 9.59 Å². The van der Waals surface area contributed by atoms with Crippen LogP contribution in [0.3, 0.4) is 0 Å². The first kappa shape index (κ1) is 18.0. The second-order valence-electron chi connectivity index (χ2n) is 6.23. The van der Waals surface area contributed by atoms with Gasteiger partial charge in [-0.25, -0.2) is 0 Å². The molecule has 6 heteroatoms. The first-order chi connectivity index (χ1) is 12.7. The molecule has 1 amide bonds. The van der Waals surface area contributed by atoms with Gasteiger partial charge in [-0.2, -0.15) is 0 Å². The van der Waals surface area contributed by atoms with Crippen molar-refractivity contribution in [1.82, 2.24) is 4.90 Å². The molecule has 0 N–H and O–H groups in total. The Bertz CT molecular complexity index is 690. The molecule has 6 nitrogen and oxygen atoms in total. The lowest BCUT2D eigenvalue weighted by atomic mass is 9.97. The van der Waals surface area contributed by atoms with E-state index in [2.05, 4.69) is 0 Å². The highest BCUT2D eigenvalue weighted by atomic mass is 16.5. The van der Waals surface area contributed by atoms with E-state index in [-0.39, 0.29) is 17.8 Å². The van der Waals surface area contributed by atoms with Crippen molar-refractivity contribution >= 4 is 11.9 Å². The number of para-hydroxylation sites is 1. The highest BCUT2D eigenvalue weighted by Gasteiger charge is 2.29. The molecule has 2 aromatic rings. The molecular weight excluding hydrogens is 334 g/mol. The van der Waals surface area contributed by atoms with Crippen molar-refractivity contribution in [2.45, 2.75) is 19.3 Å². The molecule has 0 atom stereocenters. The van der Waals surface area contributed by atoms with Crippen molar-refractivity contribution in [3.05, 3.63) is 54.5 Å². The van der Waals surface area contributed by atoms with Gasteiger partial charge in [0.25, 0.3) is 5.91 Å². The van der Waals surface area contributed by atoms with E-state index in [0.717, 1.165) is 5.75 Å². The quantitative estimate of drug-likeness (QED) is 0.562. The Morgan fingerprint density at radius 3 is 2.50 bits per heavy atom. The average Bonchev–Trinajstić information content (AvgIpc) is 3.23. The predicted molar refractivity (Wildman–Crippen MR) is 94.8 cm³/mol. The molecule has 0 spiro atoms. The molecule has 3 rings (SSSR count). The van der Waals surface area contributed by atoms with Gasteiger partial charge in [0.2, 0.25) is 0 Å². The summed E-state index contributed by atoms with van der Waals surface area (Å²) >= 11 is 0. The molecular formula is C20H23NO5. The fourth-order valence-corrected chi connectivity index (χ4v) is 2.93. The van der Waals surface area contributed by atoms with Gasteiger partial charge in [0.15, 0.2) is 5.76 Å². The van der Waals surface area contributed by atoms with E-state index in [9.17, 15) is 9.59 Å². The Labute approximate surface area is 152 Å². The van der Waals surface area contributed by atoms with Gasteiger partial charge in [-0.1, -0.05) is 18.2 Å². The molecule has 1 saturated heterocycles. The molecule has 1 aromatic heterocycles. The lowest BCUT2D eigenvalue weighted by molar-refractivity contribution is -0.150. The predicted octanol–water partition coefficient (Wildman–Crippen LogP) is 3.14. The normalized spacial score (nSPS) is 14.8. The van der Waals surface area contributed by atoms with E-state index in [1.54, 1.807) is 17.0 Å². The van der Waals surface area contributed by atoms with Crippen LogP contribution in [0.25, 0.3) is 0 Å². The van der Waals surface area contributed by atoms with Gasteiger partial charge < -0.3 is 18.8 Å². The van der Waals surface area contributed by atoms with Gasteiger partial charge >= 0.3 is 5.97 Å². The average molecular weight is 357 g/mol. The fourth-order valence-electron chi connectivity index (χ4n) is 2.93. The van der Waals surface area contributed by atoms with Crippen molar-refractivity contribution in [2.24, 2.45) is 5.92 Å². The number of esters is 1. The van der Waals surface area contributed by atoms with E-state index in [1.165, 1.54) is 6.26 Å². The van der Waals surface area contributed by atoms with Gasteiger partial charge in [0.1, 0.15) is 5.75 Å². The zero-order chi connectivity index (χ0) is 18.2. The van der Waals surface area contributed by atoms with Crippen LogP contribution in [0.4, 0.5) is 0 Å². The topological polar surface area (TPSA) is 69.0 Å². The zero-order valence-corrected chi connectivity index (χ0v) is 14.6. The summed E-state index contributed by atoms with van der Waals surface area (Å²) in [5.41, 5.74) is 0. The third kappa shape index (κ3) is 4.88. The molecule has 1 aliphatic heterocycles. The molecule has 1 fully saturated rings. The maximum absolute atomic E-state index is 12.2. The number of furan rings is 1. The molecule has 0 aliphatic carbocycles. The Balaban J connectivity index is 1.32. The number of carbonyl (C=O) groups is 2. The number of carbonyl (C=O) groups excluding carboxylic acids is 2. The second kappa shape index (κ2) is 9.08. The maximum Gasteiger partial charge on any atom is 0.309 e. The number of ether oxygens (including phenoxy) is 2. The highest BCUT2D eigenvalue weighted by Crippen LogP contribution is 2.20. The SMILES string of the molecule is O=C(OCCCOc1ccccc1)C1CCN(C(=O)c2ccco2)CC1. The molecule has 0 saturated carbocycles. The first-order valence-electron chi connectivity index (χ1n) is 8.91. The molecule has 1 aromatic carbocycles. The molecule has 0 radical (unpaired) electrons. The van der Waals surface area contributed by atoms with Gasteiger partial charge in [-0.15, -0.1) is 0 Å². The van der Waals surface area contributed by atoms with Crippen molar-refractivity contribution in [1.29, 1.82) is 0 Å². The fraction of sp³-hybridized carbons (Fsp3) is 0.400. The lowest BCUT2D eigenvalue weighted by Gasteiger charge is -2.30. The Kier molecular flexibility index (Phi) is 6.30. The number of rotatable bonds is 7. The van der Waals surface area contributed by atoms with Gasteiger partial charge in [0, 0.05) is 19.5 Å². The smallest absolute Gasteiger partial charge is 0.309 e. The van der Waals surface area contributed by atoms with Gasteiger partial charge in [-0.05, 0) is 37.1 Å². The standard InChI is InChI=1S/C20H23NO5/c22-19(18-8-4-13-25-18)21-11-9-16(10-12-21)20(23)26-15-5-14-24-17-6-2-1-3-7-17/h1-4,6-8,13,16H,5,9-12,14-15H2. The summed E-state index contributed by atoms with van der Waals surface area (Å²) in [7, 11) is 0. The summed E-state index contributed by atoms with van der Waals surface area (Å²) in [6.45, 7) is 1.93. The van der Waals surface area contributed by atoms with Crippen LogP contribution in [0.1, 0.15) is 29.8 Å². The molecule has 26 heavy (non-hydrogen) atoms. The van der Waals surface area contributed by atoms with Crippen LogP contribution in [0.15, 0.2) is 53.1 Å². The Morgan fingerprint density at radius 1 is 1.04 bits per heavy atom. The third-order valence-corrected chi connectivity index (χ3v) is 4.39. The van der Waals surface area contributed by atoms with Crippen LogP contribution in [0.2, 0.25) is 0 Å². The van der Waals surface area contributed by atoms with E-state index < -0.39 is 0 Å². The first-order valence-corrected chi connectivity index (χ1v) is 8.91. The Morgan fingerprint density at radius 2 is 1.81 bits per heavy atom. The maximum atomic E-state index is 12.2. The van der Waals surface area contributed by atoms with E-state index in [0.29, 0.717) is 51.3 Å².